The van der Waals surface area contributed by atoms with Crippen LogP contribution in [0, 0.1) is 5.92 Å². The van der Waals surface area contributed by atoms with Gasteiger partial charge in [-0.05, 0) is 30.9 Å². The van der Waals surface area contributed by atoms with E-state index in [-0.39, 0.29) is 6.10 Å². The Hall–Kier alpha value is -1.13. The summed E-state index contributed by atoms with van der Waals surface area (Å²) in [6, 6.07) is 6.58. The molecule has 2 unspecified atom stereocenters. The third kappa shape index (κ3) is 4.18. The third-order valence-electron chi connectivity index (χ3n) is 4.38. The van der Waals surface area contributed by atoms with Crippen LogP contribution in [0.25, 0.3) is 0 Å². The molecule has 1 saturated heterocycles. The molecule has 1 aliphatic heterocycles. The summed E-state index contributed by atoms with van der Waals surface area (Å²) in [7, 11) is 0. The monoisotopic (exact) mass is 277 g/mol. The SMILES string of the molecule is CCC(C)C(O)CNC1CCN(c2ccccn2)CC1. The highest BCUT2D eigenvalue weighted by molar-refractivity contribution is 5.38. The molecule has 4 heteroatoms. The Labute approximate surface area is 122 Å². The average molecular weight is 277 g/mol. The van der Waals surface area contributed by atoms with Crippen LogP contribution in [0.4, 0.5) is 5.82 Å². The molecular weight excluding hydrogens is 250 g/mol. The van der Waals surface area contributed by atoms with E-state index in [0.717, 1.165) is 38.2 Å². The predicted molar refractivity (Wildman–Crippen MR) is 82.9 cm³/mol. The number of anilines is 1. The maximum Gasteiger partial charge on any atom is 0.128 e. The van der Waals surface area contributed by atoms with Crippen LogP contribution in [0.5, 0.6) is 0 Å². The van der Waals surface area contributed by atoms with Gasteiger partial charge in [0.25, 0.3) is 0 Å². The summed E-state index contributed by atoms with van der Waals surface area (Å²) in [5.41, 5.74) is 0. The van der Waals surface area contributed by atoms with Gasteiger partial charge in [-0.3, -0.25) is 0 Å². The molecule has 2 heterocycles. The number of piperidine rings is 1. The number of pyridine rings is 1. The Morgan fingerprint density at radius 2 is 2.15 bits per heavy atom. The normalized spacial score (nSPS) is 19.9. The molecule has 1 aromatic heterocycles. The highest BCUT2D eigenvalue weighted by Gasteiger charge is 2.21. The zero-order chi connectivity index (χ0) is 14.4. The van der Waals surface area contributed by atoms with Crippen LogP contribution in [-0.2, 0) is 0 Å². The van der Waals surface area contributed by atoms with E-state index in [4.69, 9.17) is 0 Å². The van der Waals surface area contributed by atoms with Crippen LogP contribution in [0.2, 0.25) is 0 Å². The molecule has 0 saturated carbocycles. The van der Waals surface area contributed by atoms with Gasteiger partial charge in [0.1, 0.15) is 5.82 Å². The molecule has 1 aromatic rings. The number of aromatic nitrogens is 1. The van der Waals surface area contributed by atoms with Crippen LogP contribution in [0.1, 0.15) is 33.1 Å². The maximum absolute atomic E-state index is 10.00. The first-order chi connectivity index (χ1) is 9.70. The second kappa shape index (κ2) is 7.60. The highest BCUT2D eigenvalue weighted by atomic mass is 16.3. The zero-order valence-corrected chi connectivity index (χ0v) is 12.6. The first-order valence-electron chi connectivity index (χ1n) is 7.78. The highest BCUT2D eigenvalue weighted by Crippen LogP contribution is 2.17. The number of aliphatic hydroxyl groups excluding tert-OH is 1. The fourth-order valence-corrected chi connectivity index (χ4v) is 2.61. The molecule has 2 rings (SSSR count). The van der Waals surface area contributed by atoms with Gasteiger partial charge >= 0.3 is 0 Å². The molecule has 0 radical (unpaired) electrons. The Kier molecular flexibility index (Phi) is 5.80. The molecule has 2 N–H and O–H groups in total. The van der Waals surface area contributed by atoms with Crippen molar-refractivity contribution in [3.05, 3.63) is 24.4 Å². The van der Waals surface area contributed by atoms with Crippen molar-refractivity contribution in [1.29, 1.82) is 0 Å². The summed E-state index contributed by atoms with van der Waals surface area (Å²) in [4.78, 5) is 6.74. The van der Waals surface area contributed by atoms with Crippen molar-refractivity contribution in [1.82, 2.24) is 10.3 Å². The van der Waals surface area contributed by atoms with Gasteiger partial charge < -0.3 is 15.3 Å². The van der Waals surface area contributed by atoms with E-state index in [1.54, 1.807) is 0 Å². The largest absolute Gasteiger partial charge is 0.392 e. The number of hydrogen-bond donors (Lipinski definition) is 2. The Balaban J connectivity index is 1.72. The fourth-order valence-electron chi connectivity index (χ4n) is 2.61. The minimum absolute atomic E-state index is 0.228. The summed E-state index contributed by atoms with van der Waals surface area (Å²) in [5.74, 6) is 1.45. The van der Waals surface area contributed by atoms with E-state index in [2.05, 4.69) is 35.1 Å². The van der Waals surface area contributed by atoms with Crippen LogP contribution >= 0.6 is 0 Å². The molecular formula is C16H27N3O. The van der Waals surface area contributed by atoms with Crippen molar-refractivity contribution in [2.45, 2.75) is 45.3 Å². The number of nitrogens with zero attached hydrogens (tertiary/aromatic N) is 2. The topological polar surface area (TPSA) is 48.4 Å². The summed E-state index contributed by atoms with van der Waals surface area (Å²) in [5, 5.41) is 13.5. The first kappa shape index (κ1) is 15.3. The van der Waals surface area contributed by atoms with Crippen LogP contribution < -0.4 is 10.2 Å². The molecule has 4 nitrogen and oxygen atoms in total. The molecule has 1 aliphatic rings. The van der Waals surface area contributed by atoms with E-state index < -0.39 is 0 Å². The molecule has 1 fully saturated rings. The number of rotatable bonds is 6. The van der Waals surface area contributed by atoms with Crippen molar-refractivity contribution in [3.63, 3.8) is 0 Å². The minimum atomic E-state index is -0.228. The van der Waals surface area contributed by atoms with Gasteiger partial charge in [-0.15, -0.1) is 0 Å². The lowest BCUT2D eigenvalue weighted by Gasteiger charge is -2.34. The average Bonchev–Trinajstić information content (AvgIpc) is 2.53. The van der Waals surface area contributed by atoms with Crippen molar-refractivity contribution in [2.24, 2.45) is 5.92 Å². The summed E-state index contributed by atoms with van der Waals surface area (Å²) in [6.07, 6.45) is 4.88. The second-order valence-corrected chi connectivity index (χ2v) is 5.81. The molecule has 0 spiro atoms. The van der Waals surface area contributed by atoms with E-state index in [1.165, 1.54) is 0 Å². The Morgan fingerprint density at radius 1 is 1.40 bits per heavy atom. The van der Waals surface area contributed by atoms with Crippen molar-refractivity contribution >= 4 is 5.82 Å². The van der Waals surface area contributed by atoms with Crippen molar-refractivity contribution in [3.8, 4) is 0 Å². The summed E-state index contributed by atoms with van der Waals surface area (Å²) in [6.45, 7) is 7.01. The predicted octanol–water partition coefficient (Wildman–Crippen LogP) is 2.05. The van der Waals surface area contributed by atoms with E-state index >= 15 is 0 Å². The van der Waals surface area contributed by atoms with Gasteiger partial charge in [0.05, 0.1) is 6.10 Å². The number of nitrogens with one attached hydrogen (secondary N) is 1. The third-order valence-corrected chi connectivity index (χ3v) is 4.38. The fraction of sp³-hybridized carbons (Fsp3) is 0.688. The molecule has 0 aromatic carbocycles. The molecule has 112 valence electrons. The van der Waals surface area contributed by atoms with Gasteiger partial charge in [-0.25, -0.2) is 4.98 Å². The number of hydrogen-bond acceptors (Lipinski definition) is 4. The molecule has 0 amide bonds. The van der Waals surface area contributed by atoms with Crippen LogP contribution in [-0.4, -0.2) is 41.9 Å². The lowest BCUT2D eigenvalue weighted by atomic mass is 10.0. The van der Waals surface area contributed by atoms with Gasteiger partial charge in [0.15, 0.2) is 0 Å². The standard InChI is InChI=1S/C16H27N3O/c1-3-13(2)15(20)12-18-14-7-10-19(11-8-14)16-6-4-5-9-17-16/h4-6,9,13-15,18,20H,3,7-8,10-12H2,1-2H3. The van der Waals surface area contributed by atoms with Crippen molar-refractivity contribution in [2.75, 3.05) is 24.5 Å². The Morgan fingerprint density at radius 3 is 2.75 bits per heavy atom. The quantitative estimate of drug-likeness (QED) is 0.835. The molecule has 0 bridgehead atoms. The lowest BCUT2D eigenvalue weighted by molar-refractivity contribution is 0.108. The maximum atomic E-state index is 10.00. The van der Waals surface area contributed by atoms with E-state index in [1.807, 2.05) is 18.3 Å². The minimum Gasteiger partial charge on any atom is -0.392 e. The Bertz CT molecular complexity index is 377. The molecule has 2 atom stereocenters. The molecule has 0 aliphatic carbocycles. The second-order valence-electron chi connectivity index (χ2n) is 5.81. The smallest absolute Gasteiger partial charge is 0.128 e. The van der Waals surface area contributed by atoms with Gasteiger partial charge in [0.2, 0.25) is 0 Å². The van der Waals surface area contributed by atoms with Gasteiger partial charge in [-0.2, -0.15) is 0 Å². The van der Waals surface area contributed by atoms with Gasteiger partial charge in [-0.1, -0.05) is 26.3 Å². The van der Waals surface area contributed by atoms with E-state index in [9.17, 15) is 5.11 Å². The van der Waals surface area contributed by atoms with E-state index in [0.29, 0.717) is 18.5 Å². The number of aliphatic hydroxyl groups is 1. The summed E-state index contributed by atoms with van der Waals surface area (Å²) < 4.78 is 0. The van der Waals surface area contributed by atoms with Crippen LogP contribution in [0.3, 0.4) is 0 Å². The van der Waals surface area contributed by atoms with Crippen molar-refractivity contribution < 1.29 is 5.11 Å². The lowest BCUT2D eigenvalue weighted by Crippen LogP contribution is -2.45. The molecule has 20 heavy (non-hydrogen) atoms. The first-order valence-corrected chi connectivity index (χ1v) is 7.78. The van der Waals surface area contributed by atoms with Crippen LogP contribution in [0.15, 0.2) is 24.4 Å². The summed E-state index contributed by atoms with van der Waals surface area (Å²) >= 11 is 0. The van der Waals surface area contributed by atoms with Gasteiger partial charge in [0, 0.05) is 31.9 Å². The zero-order valence-electron chi connectivity index (χ0n) is 12.6.